The molecule has 2 aromatic rings. The molecule has 0 aliphatic heterocycles. The van der Waals surface area contributed by atoms with E-state index in [2.05, 4.69) is 9.88 Å². The molecule has 0 atom stereocenters. The van der Waals surface area contributed by atoms with Crippen molar-refractivity contribution in [3.8, 4) is 0 Å². The molecule has 1 aromatic carbocycles. The minimum atomic E-state index is 0.0657. The smallest absolute Gasteiger partial charge is 0.192 e. The van der Waals surface area contributed by atoms with Crippen molar-refractivity contribution in [3.63, 3.8) is 0 Å². The number of aliphatic hydroxyl groups is 1. The van der Waals surface area contributed by atoms with Crippen LogP contribution in [0.4, 0.5) is 0 Å². The number of nitrogens with zero attached hydrogens (tertiary/aromatic N) is 2. The molecule has 106 valence electrons. The molecule has 5 heteroatoms. The van der Waals surface area contributed by atoms with E-state index in [1.54, 1.807) is 6.20 Å². The monoisotopic (exact) mass is 290 g/mol. The van der Waals surface area contributed by atoms with Gasteiger partial charge in [0.1, 0.15) is 0 Å². The molecular weight excluding hydrogens is 272 g/mol. The molecule has 0 aliphatic carbocycles. The van der Waals surface area contributed by atoms with Crippen LogP contribution in [-0.2, 0) is 6.54 Å². The normalized spacial score (nSPS) is 10.9. The number of hydrogen-bond donors (Lipinski definition) is 1. The summed E-state index contributed by atoms with van der Waals surface area (Å²) in [6, 6.07) is 10.1. The number of ketones is 1. The van der Waals surface area contributed by atoms with Gasteiger partial charge in [0.25, 0.3) is 0 Å². The van der Waals surface area contributed by atoms with Crippen molar-refractivity contribution in [1.82, 2.24) is 9.88 Å². The minimum absolute atomic E-state index is 0.0657. The highest BCUT2D eigenvalue weighted by atomic mass is 32.1. The summed E-state index contributed by atoms with van der Waals surface area (Å²) in [5.74, 6) is 0.0657. The molecule has 0 unspecified atom stereocenters. The molecule has 1 heterocycles. The predicted octanol–water partition coefficient (Wildman–Crippen LogP) is 2.21. The Hall–Kier alpha value is -1.56. The van der Waals surface area contributed by atoms with Crippen molar-refractivity contribution in [3.05, 3.63) is 52.5 Å². The Balaban J connectivity index is 1.87. The molecular formula is C15H18N2O2S. The Morgan fingerprint density at radius 2 is 2.05 bits per heavy atom. The SMILES string of the molecule is O=C(CCN(CCO)Cc1ccccc1)c1nccs1. The first-order chi connectivity index (χ1) is 9.79. The topological polar surface area (TPSA) is 53.4 Å². The number of rotatable bonds is 8. The van der Waals surface area contributed by atoms with Gasteiger partial charge in [-0.25, -0.2) is 4.98 Å². The molecule has 2 rings (SSSR count). The molecule has 0 bridgehead atoms. The molecule has 1 N–H and O–H groups in total. The highest BCUT2D eigenvalue weighted by Gasteiger charge is 2.12. The van der Waals surface area contributed by atoms with E-state index in [4.69, 9.17) is 5.11 Å². The zero-order valence-corrected chi connectivity index (χ0v) is 12.1. The number of carbonyl (C=O) groups is 1. The average Bonchev–Trinajstić information content (AvgIpc) is 3.00. The summed E-state index contributed by atoms with van der Waals surface area (Å²) in [7, 11) is 0. The van der Waals surface area contributed by atoms with Crippen LogP contribution in [-0.4, -0.2) is 40.5 Å². The van der Waals surface area contributed by atoms with Gasteiger partial charge in [-0.1, -0.05) is 30.3 Å². The third-order valence-electron chi connectivity index (χ3n) is 2.99. The fourth-order valence-corrected chi connectivity index (χ4v) is 2.59. The third kappa shape index (κ3) is 4.52. The average molecular weight is 290 g/mol. The van der Waals surface area contributed by atoms with Crippen LogP contribution < -0.4 is 0 Å². The van der Waals surface area contributed by atoms with Gasteiger partial charge >= 0.3 is 0 Å². The molecule has 20 heavy (non-hydrogen) atoms. The highest BCUT2D eigenvalue weighted by Crippen LogP contribution is 2.09. The first kappa shape index (κ1) is 14.8. The summed E-state index contributed by atoms with van der Waals surface area (Å²) in [6.45, 7) is 2.04. The molecule has 0 fully saturated rings. The van der Waals surface area contributed by atoms with Gasteiger partial charge in [-0.05, 0) is 5.56 Å². The van der Waals surface area contributed by atoms with E-state index < -0.39 is 0 Å². The van der Waals surface area contributed by atoms with Gasteiger partial charge in [-0.15, -0.1) is 11.3 Å². The summed E-state index contributed by atoms with van der Waals surface area (Å²) in [6.07, 6.45) is 2.08. The van der Waals surface area contributed by atoms with E-state index >= 15 is 0 Å². The van der Waals surface area contributed by atoms with E-state index in [1.807, 2.05) is 35.7 Å². The van der Waals surface area contributed by atoms with Crippen LogP contribution in [0.5, 0.6) is 0 Å². The summed E-state index contributed by atoms with van der Waals surface area (Å²) in [4.78, 5) is 18.0. The van der Waals surface area contributed by atoms with Crippen LogP contribution in [0.1, 0.15) is 21.8 Å². The lowest BCUT2D eigenvalue weighted by Gasteiger charge is -2.20. The van der Waals surface area contributed by atoms with Gasteiger partial charge in [-0.2, -0.15) is 0 Å². The number of benzene rings is 1. The van der Waals surface area contributed by atoms with Crippen molar-refractivity contribution < 1.29 is 9.90 Å². The number of aliphatic hydroxyl groups excluding tert-OH is 1. The van der Waals surface area contributed by atoms with Crippen LogP contribution in [0, 0.1) is 0 Å². The molecule has 0 aliphatic rings. The second-order valence-corrected chi connectivity index (χ2v) is 5.39. The Labute approximate surface area is 122 Å². The van der Waals surface area contributed by atoms with Gasteiger partial charge in [0.05, 0.1) is 6.61 Å². The zero-order valence-electron chi connectivity index (χ0n) is 11.2. The zero-order chi connectivity index (χ0) is 14.2. The van der Waals surface area contributed by atoms with Crippen molar-refractivity contribution in [2.24, 2.45) is 0 Å². The molecule has 4 nitrogen and oxygen atoms in total. The van der Waals surface area contributed by atoms with Gasteiger partial charge < -0.3 is 5.11 Å². The van der Waals surface area contributed by atoms with Crippen LogP contribution in [0.15, 0.2) is 41.9 Å². The third-order valence-corrected chi connectivity index (χ3v) is 3.81. The summed E-state index contributed by atoms with van der Waals surface area (Å²) in [5, 5.41) is 11.5. The number of hydrogen-bond acceptors (Lipinski definition) is 5. The van der Waals surface area contributed by atoms with Gasteiger partial charge in [0.2, 0.25) is 0 Å². The Morgan fingerprint density at radius 3 is 2.70 bits per heavy atom. The number of Topliss-reactive ketones (excluding diaryl/α,β-unsaturated/α-hetero) is 1. The van der Waals surface area contributed by atoms with E-state index in [0.717, 1.165) is 6.54 Å². The van der Waals surface area contributed by atoms with Crippen molar-refractivity contribution in [1.29, 1.82) is 0 Å². The number of aromatic nitrogens is 1. The highest BCUT2D eigenvalue weighted by molar-refractivity contribution is 7.11. The van der Waals surface area contributed by atoms with Crippen molar-refractivity contribution >= 4 is 17.1 Å². The van der Waals surface area contributed by atoms with E-state index in [0.29, 0.717) is 24.5 Å². The molecule has 0 radical (unpaired) electrons. The van der Waals surface area contributed by atoms with Crippen molar-refractivity contribution in [2.45, 2.75) is 13.0 Å². The molecule has 0 spiro atoms. The first-order valence-electron chi connectivity index (χ1n) is 6.59. The lowest BCUT2D eigenvalue weighted by molar-refractivity contribution is 0.0954. The van der Waals surface area contributed by atoms with Gasteiger partial charge in [0, 0.05) is 37.6 Å². The molecule has 1 aromatic heterocycles. The van der Waals surface area contributed by atoms with E-state index in [-0.39, 0.29) is 12.4 Å². The fourth-order valence-electron chi connectivity index (χ4n) is 1.98. The largest absolute Gasteiger partial charge is 0.395 e. The minimum Gasteiger partial charge on any atom is -0.395 e. The second-order valence-electron chi connectivity index (χ2n) is 4.50. The molecule has 0 saturated carbocycles. The first-order valence-corrected chi connectivity index (χ1v) is 7.47. The maximum atomic E-state index is 11.9. The molecule has 0 amide bonds. The summed E-state index contributed by atoms with van der Waals surface area (Å²) in [5.41, 5.74) is 1.18. The van der Waals surface area contributed by atoms with Crippen LogP contribution in [0.3, 0.4) is 0 Å². The lowest BCUT2D eigenvalue weighted by atomic mass is 10.2. The van der Waals surface area contributed by atoms with Crippen LogP contribution in [0.25, 0.3) is 0 Å². The maximum Gasteiger partial charge on any atom is 0.192 e. The summed E-state index contributed by atoms with van der Waals surface area (Å²) >= 11 is 1.37. The fraction of sp³-hybridized carbons (Fsp3) is 0.333. The molecule has 0 saturated heterocycles. The quantitative estimate of drug-likeness (QED) is 0.757. The van der Waals surface area contributed by atoms with Crippen LogP contribution >= 0.6 is 11.3 Å². The van der Waals surface area contributed by atoms with Gasteiger partial charge in [0.15, 0.2) is 10.8 Å². The maximum absolute atomic E-state index is 11.9. The van der Waals surface area contributed by atoms with E-state index in [9.17, 15) is 4.79 Å². The Morgan fingerprint density at radius 1 is 1.25 bits per heavy atom. The Bertz CT molecular complexity index is 514. The number of thiazole rings is 1. The standard InChI is InChI=1S/C15H18N2O2S/c18-10-9-17(12-13-4-2-1-3-5-13)8-6-14(19)15-16-7-11-20-15/h1-5,7,11,18H,6,8-10,12H2. The lowest BCUT2D eigenvalue weighted by Crippen LogP contribution is -2.29. The summed E-state index contributed by atoms with van der Waals surface area (Å²) < 4.78 is 0. The number of carbonyl (C=O) groups excluding carboxylic acids is 1. The van der Waals surface area contributed by atoms with Crippen molar-refractivity contribution in [2.75, 3.05) is 19.7 Å². The van der Waals surface area contributed by atoms with E-state index in [1.165, 1.54) is 16.9 Å². The second kappa shape index (κ2) is 7.89. The predicted molar refractivity (Wildman–Crippen MR) is 79.9 cm³/mol. The Kier molecular flexibility index (Phi) is 5.86. The van der Waals surface area contributed by atoms with Gasteiger partial charge in [-0.3, -0.25) is 9.69 Å². The van der Waals surface area contributed by atoms with Crippen LogP contribution in [0.2, 0.25) is 0 Å².